The van der Waals surface area contributed by atoms with E-state index in [-0.39, 0.29) is 9.64 Å². The Balaban J connectivity index is 2.96. The molecule has 0 unspecified atom stereocenters. The van der Waals surface area contributed by atoms with E-state index >= 15 is 0 Å². The van der Waals surface area contributed by atoms with Gasteiger partial charge in [0.25, 0.3) is 0 Å². The lowest BCUT2D eigenvalue weighted by Crippen LogP contribution is -2.26. The molecule has 1 rings (SSSR count). The molecule has 18 heavy (non-hydrogen) atoms. The summed E-state index contributed by atoms with van der Waals surface area (Å²) in [5, 5.41) is 8.23. The summed E-state index contributed by atoms with van der Waals surface area (Å²) in [6.45, 7) is 4.85. The quantitative estimate of drug-likeness (QED) is 0.713. The Bertz CT molecular complexity index is 527. The van der Waals surface area contributed by atoms with Crippen molar-refractivity contribution in [2.75, 3.05) is 23.9 Å². The summed E-state index contributed by atoms with van der Waals surface area (Å²) in [7, 11) is -3.70. The first-order valence-electron chi connectivity index (χ1n) is 5.37. The zero-order chi connectivity index (χ0) is 14.0. The molecule has 5 nitrogen and oxygen atoms in total. The Morgan fingerprint density at radius 3 is 2.50 bits per heavy atom. The maximum atomic E-state index is 11.3. The normalized spacial score (nSPS) is 12.4. The van der Waals surface area contributed by atoms with Crippen LogP contribution in [0.5, 0.6) is 0 Å². The number of sulfonamides is 1. The molecule has 102 valence electrons. The Kier molecular flexibility index (Phi) is 4.52. The highest BCUT2D eigenvalue weighted by Crippen LogP contribution is 2.26. The number of nitrogens with one attached hydrogen (secondary N) is 1. The van der Waals surface area contributed by atoms with Gasteiger partial charge in [-0.2, -0.15) is 11.8 Å². The molecule has 7 heteroatoms. The van der Waals surface area contributed by atoms with Crippen molar-refractivity contribution in [2.45, 2.75) is 23.5 Å². The fourth-order valence-electron chi connectivity index (χ4n) is 1.25. The van der Waals surface area contributed by atoms with E-state index in [0.717, 1.165) is 0 Å². The number of hydrogen-bond acceptors (Lipinski definition) is 5. The van der Waals surface area contributed by atoms with Crippen molar-refractivity contribution in [3.63, 3.8) is 0 Å². The average molecular weight is 289 g/mol. The van der Waals surface area contributed by atoms with E-state index in [1.165, 1.54) is 18.2 Å². The highest BCUT2D eigenvalue weighted by atomic mass is 32.2. The van der Waals surface area contributed by atoms with Crippen LogP contribution in [0.4, 0.5) is 11.4 Å². The van der Waals surface area contributed by atoms with Crippen molar-refractivity contribution in [3.05, 3.63) is 18.2 Å². The highest BCUT2D eigenvalue weighted by molar-refractivity contribution is 7.99. The molecule has 0 fully saturated rings. The van der Waals surface area contributed by atoms with Crippen molar-refractivity contribution in [1.29, 1.82) is 0 Å². The van der Waals surface area contributed by atoms with E-state index in [1.54, 1.807) is 11.8 Å². The van der Waals surface area contributed by atoms with Gasteiger partial charge in [0, 0.05) is 11.3 Å². The van der Waals surface area contributed by atoms with Crippen molar-refractivity contribution >= 4 is 33.2 Å². The van der Waals surface area contributed by atoms with Crippen LogP contribution < -0.4 is 16.2 Å². The lowest BCUT2D eigenvalue weighted by molar-refractivity contribution is 0.598. The van der Waals surface area contributed by atoms with Gasteiger partial charge >= 0.3 is 0 Å². The average Bonchev–Trinajstić information content (AvgIpc) is 2.26. The summed E-state index contributed by atoms with van der Waals surface area (Å²) in [5.74, 6) is 0. The Labute approximate surface area is 112 Å². The molecule has 1 aromatic carbocycles. The fourth-order valence-corrected chi connectivity index (χ4v) is 2.00. The van der Waals surface area contributed by atoms with E-state index < -0.39 is 10.0 Å². The first-order valence-corrected chi connectivity index (χ1v) is 8.14. The predicted molar refractivity (Wildman–Crippen MR) is 78.3 cm³/mol. The van der Waals surface area contributed by atoms with Gasteiger partial charge in [-0.05, 0) is 38.3 Å². The molecule has 0 spiro atoms. The first kappa shape index (κ1) is 15.1. The molecule has 0 aliphatic heterocycles. The second-order valence-electron chi connectivity index (χ2n) is 4.61. The van der Waals surface area contributed by atoms with Crippen LogP contribution in [0.1, 0.15) is 13.8 Å². The second-order valence-corrected chi connectivity index (χ2v) is 7.69. The van der Waals surface area contributed by atoms with Gasteiger partial charge in [0.1, 0.15) is 0 Å². The van der Waals surface area contributed by atoms with Gasteiger partial charge in [-0.15, -0.1) is 0 Å². The first-order chi connectivity index (χ1) is 8.15. The third-order valence-electron chi connectivity index (χ3n) is 2.61. The third-order valence-corrected chi connectivity index (χ3v) is 4.77. The zero-order valence-corrected chi connectivity index (χ0v) is 12.4. The van der Waals surface area contributed by atoms with Gasteiger partial charge in [-0.25, -0.2) is 13.6 Å². The number of rotatable bonds is 5. The van der Waals surface area contributed by atoms with Gasteiger partial charge in [0.05, 0.1) is 16.3 Å². The van der Waals surface area contributed by atoms with Crippen molar-refractivity contribution < 1.29 is 8.42 Å². The van der Waals surface area contributed by atoms with Gasteiger partial charge in [0.15, 0.2) is 0 Å². The molecule has 5 N–H and O–H groups in total. The van der Waals surface area contributed by atoms with E-state index in [0.29, 0.717) is 17.9 Å². The molecule has 0 amide bonds. The topological polar surface area (TPSA) is 98.2 Å². The number of thioether (sulfide) groups is 1. The van der Waals surface area contributed by atoms with Gasteiger partial charge in [-0.1, -0.05) is 0 Å². The minimum absolute atomic E-state index is 0.0318. The van der Waals surface area contributed by atoms with E-state index in [4.69, 9.17) is 10.9 Å². The number of hydrogen-bond donors (Lipinski definition) is 3. The standard InChI is InChI=1S/C11H19N3O2S2/c1-11(2,17-3)7-14-10-6-8(18(13,15)16)4-5-9(10)12/h4-6,14H,7,12H2,1-3H3,(H2,13,15,16). The van der Waals surface area contributed by atoms with Crippen LogP contribution in [-0.4, -0.2) is 26.0 Å². The second kappa shape index (κ2) is 5.38. The van der Waals surface area contributed by atoms with Crippen LogP contribution in [0.15, 0.2) is 23.1 Å². The van der Waals surface area contributed by atoms with Crippen LogP contribution in [0.2, 0.25) is 0 Å². The molecule has 0 radical (unpaired) electrons. The van der Waals surface area contributed by atoms with Crippen LogP contribution in [0, 0.1) is 0 Å². The maximum absolute atomic E-state index is 11.3. The molecular weight excluding hydrogens is 270 g/mol. The number of nitrogens with two attached hydrogens (primary N) is 2. The monoisotopic (exact) mass is 289 g/mol. The van der Waals surface area contributed by atoms with Crippen molar-refractivity contribution in [3.8, 4) is 0 Å². The minimum Gasteiger partial charge on any atom is -0.397 e. The molecule has 0 aliphatic carbocycles. The molecule has 0 aliphatic rings. The summed E-state index contributed by atoms with van der Waals surface area (Å²) < 4.78 is 22.5. The van der Waals surface area contributed by atoms with E-state index in [2.05, 4.69) is 19.2 Å². The van der Waals surface area contributed by atoms with Crippen LogP contribution in [0.3, 0.4) is 0 Å². The molecular formula is C11H19N3O2S2. The number of nitrogen functional groups attached to an aromatic ring is 1. The Morgan fingerprint density at radius 2 is 2.00 bits per heavy atom. The van der Waals surface area contributed by atoms with Gasteiger partial charge in [0.2, 0.25) is 10.0 Å². The highest BCUT2D eigenvalue weighted by Gasteiger charge is 2.17. The largest absolute Gasteiger partial charge is 0.397 e. The molecule has 0 saturated heterocycles. The summed E-state index contributed by atoms with van der Waals surface area (Å²) in [6.07, 6.45) is 2.02. The SMILES string of the molecule is CSC(C)(C)CNc1cc(S(N)(=O)=O)ccc1N. The smallest absolute Gasteiger partial charge is 0.238 e. The molecule has 1 aromatic rings. The van der Waals surface area contributed by atoms with Crippen molar-refractivity contribution in [1.82, 2.24) is 0 Å². The predicted octanol–water partition coefficient (Wildman–Crippen LogP) is 1.47. The van der Waals surface area contributed by atoms with Crippen LogP contribution in [-0.2, 0) is 10.0 Å². The summed E-state index contributed by atoms with van der Waals surface area (Å²) in [6, 6.07) is 4.39. The molecule has 0 heterocycles. The van der Waals surface area contributed by atoms with E-state index in [1.807, 2.05) is 6.26 Å². The number of anilines is 2. The van der Waals surface area contributed by atoms with E-state index in [9.17, 15) is 8.42 Å². The lowest BCUT2D eigenvalue weighted by atomic mass is 10.2. The summed E-state index contributed by atoms with van der Waals surface area (Å²) in [4.78, 5) is 0.0566. The minimum atomic E-state index is -3.70. The Morgan fingerprint density at radius 1 is 1.39 bits per heavy atom. The maximum Gasteiger partial charge on any atom is 0.238 e. The number of benzene rings is 1. The summed E-state index contributed by atoms with van der Waals surface area (Å²) in [5.41, 5.74) is 6.88. The van der Waals surface area contributed by atoms with Gasteiger partial charge in [-0.3, -0.25) is 0 Å². The van der Waals surface area contributed by atoms with Crippen LogP contribution in [0.25, 0.3) is 0 Å². The molecule has 0 bridgehead atoms. The van der Waals surface area contributed by atoms with Gasteiger partial charge < -0.3 is 11.1 Å². The number of primary sulfonamides is 1. The van der Waals surface area contributed by atoms with Crippen LogP contribution >= 0.6 is 11.8 Å². The third kappa shape index (κ3) is 4.08. The zero-order valence-electron chi connectivity index (χ0n) is 10.7. The molecule has 0 saturated carbocycles. The lowest BCUT2D eigenvalue weighted by Gasteiger charge is -2.23. The Hall–Kier alpha value is -0.920. The summed E-state index contributed by atoms with van der Waals surface area (Å²) >= 11 is 1.72. The molecule has 0 atom stereocenters. The van der Waals surface area contributed by atoms with Crippen molar-refractivity contribution in [2.24, 2.45) is 5.14 Å². The molecule has 0 aromatic heterocycles. The fraction of sp³-hybridized carbons (Fsp3) is 0.455.